The number of rotatable bonds is 1. The largest absolute Gasteiger partial charge is 0.365 e. The molecule has 0 aliphatic heterocycles. The fourth-order valence-electron chi connectivity index (χ4n) is 0.708. The number of aromatic nitrogens is 1. The van der Waals surface area contributed by atoms with Gasteiger partial charge in [-0.15, -0.1) is 6.42 Å². The third-order valence-electron chi connectivity index (χ3n) is 1.23. The SMILES string of the molecule is C#Cc1c(C)nsc1C(N)=O. The molecule has 11 heavy (non-hydrogen) atoms. The van der Waals surface area contributed by atoms with Gasteiger partial charge in [0.2, 0.25) is 0 Å². The maximum Gasteiger partial charge on any atom is 0.261 e. The molecule has 1 heterocycles. The number of primary amides is 1. The van der Waals surface area contributed by atoms with Crippen molar-refractivity contribution in [1.82, 2.24) is 4.37 Å². The van der Waals surface area contributed by atoms with Gasteiger partial charge >= 0.3 is 0 Å². The molecule has 0 radical (unpaired) electrons. The van der Waals surface area contributed by atoms with Crippen LogP contribution in [0.5, 0.6) is 0 Å². The van der Waals surface area contributed by atoms with Crippen LogP contribution < -0.4 is 5.73 Å². The molecule has 0 saturated heterocycles. The molecule has 4 heteroatoms. The van der Waals surface area contributed by atoms with Gasteiger partial charge in [-0.3, -0.25) is 4.79 Å². The molecule has 1 aromatic heterocycles. The van der Waals surface area contributed by atoms with E-state index >= 15 is 0 Å². The molecule has 0 saturated carbocycles. The van der Waals surface area contributed by atoms with Crippen LogP contribution in [0.15, 0.2) is 0 Å². The first kappa shape index (κ1) is 7.76. The smallest absolute Gasteiger partial charge is 0.261 e. The monoisotopic (exact) mass is 166 g/mol. The summed E-state index contributed by atoms with van der Waals surface area (Å²) in [6.07, 6.45) is 5.14. The maximum atomic E-state index is 10.7. The van der Waals surface area contributed by atoms with E-state index in [0.29, 0.717) is 16.1 Å². The molecule has 0 unspecified atom stereocenters. The van der Waals surface area contributed by atoms with E-state index in [1.54, 1.807) is 6.92 Å². The topological polar surface area (TPSA) is 56.0 Å². The Bertz CT molecular complexity index is 335. The van der Waals surface area contributed by atoms with Crippen molar-refractivity contribution in [3.05, 3.63) is 16.1 Å². The van der Waals surface area contributed by atoms with Crippen molar-refractivity contribution in [2.45, 2.75) is 6.92 Å². The number of carbonyl (C=O) groups is 1. The lowest BCUT2D eigenvalue weighted by Crippen LogP contribution is -2.10. The van der Waals surface area contributed by atoms with Crippen molar-refractivity contribution in [3.8, 4) is 12.3 Å². The van der Waals surface area contributed by atoms with E-state index in [9.17, 15) is 4.79 Å². The summed E-state index contributed by atoms with van der Waals surface area (Å²) in [5.74, 6) is 1.86. The Morgan fingerprint density at radius 3 is 2.82 bits per heavy atom. The summed E-state index contributed by atoms with van der Waals surface area (Å²) in [6.45, 7) is 1.75. The number of nitrogens with zero attached hydrogens (tertiary/aromatic N) is 1. The van der Waals surface area contributed by atoms with E-state index in [1.807, 2.05) is 0 Å². The van der Waals surface area contributed by atoms with Gasteiger partial charge in [0.05, 0.1) is 11.3 Å². The molecule has 1 amide bonds. The second-order valence-corrected chi connectivity index (χ2v) is 2.75. The Morgan fingerprint density at radius 1 is 1.82 bits per heavy atom. The highest BCUT2D eigenvalue weighted by molar-refractivity contribution is 7.08. The van der Waals surface area contributed by atoms with E-state index in [4.69, 9.17) is 12.2 Å². The van der Waals surface area contributed by atoms with Crippen molar-refractivity contribution in [2.75, 3.05) is 0 Å². The first-order valence-electron chi connectivity index (χ1n) is 2.89. The van der Waals surface area contributed by atoms with Crippen LogP contribution in [0, 0.1) is 19.3 Å². The van der Waals surface area contributed by atoms with Crippen LogP contribution >= 0.6 is 11.5 Å². The molecular weight excluding hydrogens is 160 g/mol. The predicted octanol–water partition coefficient (Wildman–Crippen LogP) is 0.532. The Balaban J connectivity index is 3.30. The van der Waals surface area contributed by atoms with Crippen LogP contribution in [0.25, 0.3) is 0 Å². The summed E-state index contributed by atoms with van der Waals surface area (Å²) >= 11 is 1.04. The molecule has 0 atom stereocenters. The Kier molecular flexibility index (Phi) is 1.92. The number of nitrogens with two attached hydrogens (primary N) is 1. The zero-order chi connectivity index (χ0) is 8.43. The molecule has 1 aromatic rings. The van der Waals surface area contributed by atoms with Gasteiger partial charge in [0, 0.05) is 0 Å². The second kappa shape index (κ2) is 2.72. The second-order valence-electron chi connectivity index (χ2n) is 1.98. The summed E-state index contributed by atoms with van der Waals surface area (Å²) < 4.78 is 3.91. The van der Waals surface area contributed by atoms with Crippen LogP contribution in [0.4, 0.5) is 0 Å². The lowest BCUT2D eigenvalue weighted by atomic mass is 10.2. The standard InChI is InChI=1S/C7H6N2OS/c1-3-5-4(2)9-11-6(5)7(8)10/h1H,2H3,(H2,8,10). The zero-order valence-corrected chi connectivity index (χ0v) is 6.73. The normalized spacial score (nSPS) is 9.09. The molecule has 0 bridgehead atoms. The van der Waals surface area contributed by atoms with Crippen LogP contribution in [0.3, 0.4) is 0 Å². The number of hydrogen-bond acceptors (Lipinski definition) is 3. The maximum absolute atomic E-state index is 10.7. The third kappa shape index (κ3) is 1.23. The summed E-state index contributed by atoms with van der Waals surface area (Å²) in [5, 5.41) is 0. The van der Waals surface area contributed by atoms with Gasteiger partial charge < -0.3 is 5.73 Å². The number of carbonyl (C=O) groups excluding carboxylic acids is 1. The van der Waals surface area contributed by atoms with Gasteiger partial charge in [0.1, 0.15) is 4.88 Å². The molecular formula is C7H6N2OS. The summed E-state index contributed by atoms with van der Waals surface area (Å²) in [4.78, 5) is 11.1. The molecule has 3 nitrogen and oxygen atoms in total. The summed E-state index contributed by atoms with van der Waals surface area (Å²) in [5.41, 5.74) is 6.24. The number of amides is 1. The van der Waals surface area contributed by atoms with Crippen molar-refractivity contribution >= 4 is 17.4 Å². The van der Waals surface area contributed by atoms with Crippen molar-refractivity contribution in [2.24, 2.45) is 5.73 Å². The molecule has 0 aliphatic carbocycles. The number of terminal acetylenes is 1. The molecule has 2 N–H and O–H groups in total. The van der Waals surface area contributed by atoms with Gasteiger partial charge in [0.25, 0.3) is 5.91 Å². The fourth-order valence-corrected chi connectivity index (χ4v) is 1.42. The minimum absolute atomic E-state index is 0.366. The predicted molar refractivity (Wildman–Crippen MR) is 43.3 cm³/mol. The molecule has 0 aromatic carbocycles. The third-order valence-corrected chi connectivity index (χ3v) is 2.18. The van der Waals surface area contributed by atoms with Crippen LogP contribution in [-0.2, 0) is 0 Å². The van der Waals surface area contributed by atoms with E-state index in [2.05, 4.69) is 10.3 Å². The lowest BCUT2D eigenvalue weighted by molar-refractivity contribution is 0.100. The molecule has 0 spiro atoms. The Morgan fingerprint density at radius 2 is 2.45 bits per heavy atom. The molecule has 56 valence electrons. The van der Waals surface area contributed by atoms with Gasteiger partial charge in [-0.25, -0.2) is 0 Å². The lowest BCUT2D eigenvalue weighted by Gasteiger charge is -1.88. The van der Waals surface area contributed by atoms with E-state index in [1.165, 1.54) is 0 Å². The molecule has 1 rings (SSSR count). The van der Waals surface area contributed by atoms with E-state index in [-0.39, 0.29) is 0 Å². The Hall–Kier alpha value is -1.34. The highest BCUT2D eigenvalue weighted by atomic mass is 32.1. The average Bonchev–Trinajstić information content (AvgIpc) is 2.30. The average molecular weight is 166 g/mol. The summed E-state index contributed by atoms with van der Waals surface area (Å²) in [6, 6.07) is 0. The molecule has 0 aliphatic rings. The summed E-state index contributed by atoms with van der Waals surface area (Å²) in [7, 11) is 0. The number of hydrogen-bond donors (Lipinski definition) is 1. The highest BCUT2D eigenvalue weighted by Gasteiger charge is 2.12. The first-order chi connectivity index (χ1) is 5.16. The Labute approximate surface area is 68.4 Å². The van der Waals surface area contributed by atoms with Crippen LogP contribution in [0.2, 0.25) is 0 Å². The van der Waals surface area contributed by atoms with E-state index < -0.39 is 5.91 Å². The van der Waals surface area contributed by atoms with Gasteiger partial charge in [-0.2, -0.15) is 4.37 Å². The van der Waals surface area contributed by atoms with Gasteiger partial charge in [0.15, 0.2) is 0 Å². The highest BCUT2D eigenvalue weighted by Crippen LogP contribution is 2.15. The molecule has 0 fully saturated rings. The quantitative estimate of drug-likeness (QED) is 0.619. The zero-order valence-electron chi connectivity index (χ0n) is 5.92. The van der Waals surface area contributed by atoms with Crippen LogP contribution in [-0.4, -0.2) is 10.3 Å². The van der Waals surface area contributed by atoms with Gasteiger partial charge in [-0.05, 0) is 18.5 Å². The van der Waals surface area contributed by atoms with Crippen molar-refractivity contribution in [1.29, 1.82) is 0 Å². The first-order valence-corrected chi connectivity index (χ1v) is 3.67. The minimum Gasteiger partial charge on any atom is -0.365 e. The van der Waals surface area contributed by atoms with Crippen molar-refractivity contribution < 1.29 is 4.79 Å². The fraction of sp³-hybridized carbons (Fsp3) is 0.143. The van der Waals surface area contributed by atoms with Gasteiger partial charge in [-0.1, -0.05) is 5.92 Å². The van der Waals surface area contributed by atoms with E-state index in [0.717, 1.165) is 11.5 Å². The van der Waals surface area contributed by atoms with Crippen molar-refractivity contribution in [3.63, 3.8) is 0 Å². The number of aryl methyl sites for hydroxylation is 1. The minimum atomic E-state index is -0.511. The van der Waals surface area contributed by atoms with Crippen LogP contribution in [0.1, 0.15) is 20.9 Å².